The van der Waals surface area contributed by atoms with E-state index in [0.717, 1.165) is 38.9 Å². The monoisotopic (exact) mass is 296 g/mol. The van der Waals surface area contributed by atoms with Gasteiger partial charge in [-0.25, -0.2) is 0 Å². The van der Waals surface area contributed by atoms with E-state index in [1.54, 1.807) is 0 Å². The summed E-state index contributed by atoms with van der Waals surface area (Å²) in [6.07, 6.45) is 15.9. The van der Waals surface area contributed by atoms with Crippen LogP contribution in [0.1, 0.15) is 70.6 Å². The van der Waals surface area contributed by atoms with Crippen LogP contribution >= 0.6 is 0 Å². The van der Waals surface area contributed by atoms with Crippen molar-refractivity contribution in [3.05, 3.63) is 0 Å². The lowest BCUT2D eigenvalue weighted by atomic mass is 9.98. The molecule has 0 atom stereocenters. The van der Waals surface area contributed by atoms with Crippen LogP contribution in [-0.2, 0) is 4.74 Å². The van der Waals surface area contributed by atoms with Gasteiger partial charge in [0.15, 0.2) is 0 Å². The third-order valence-corrected chi connectivity index (χ3v) is 5.07. The van der Waals surface area contributed by atoms with Gasteiger partial charge in [0.05, 0.1) is 13.2 Å². The van der Waals surface area contributed by atoms with E-state index in [2.05, 4.69) is 10.2 Å². The van der Waals surface area contributed by atoms with E-state index in [-0.39, 0.29) is 0 Å². The minimum absolute atomic E-state index is 0.769. The predicted octanol–water partition coefficient (Wildman–Crippen LogP) is 3.58. The second kappa shape index (κ2) is 11.4. The van der Waals surface area contributed by atoms with Crippen molar-refractivity contribution in [2.45, 2.75) is 76.7 Å². The lowest BCUT2D eigenvalue weighted by molar-refractivity contribution is 0.0380. The van der Waals surface area contributed by atoms with Crippen molar-refractivity contribution < 1.29 is 4.74 Å². The summed E-state index contributed by atoms with van der Waals surface area (Å²) >= 11 is 0. The van der Waals surface area contributed by atoms with Gasteiger partial charge in [0.1, 0.15) is 0 Å². The maximum Gasteiger partial charge on any atom is 0.0594 e. The molecule has 1 saturated carbocycles. The smallest absolute Gasteiger partial charge is 0.0594 e. The number of nitrogens with one attached hydrogen (secondary N) is 1. The average Bonchev–Trinajstić information content (AvgIpc) is 2.51. The van der Waals surface area contributed by atoms with Crippen LogP contribution in [0.3, 0.4) is 0 Å². The van der Waals surface area contributed by atoms with E-state index in [1.165, 1.54) is 77.2 Å². The summed E-state index contributed by atoms with van der Waals surface area (Å²) in [4.78, 5) is 2.53. The number of rotatable bonds is 4. The Morgan fingerprint density at radius 2 is 1.29 bits per heavy atom. The Labute approximate surface area is 131 Å². The first-order chi connectivity index (χ1) is 10.4. The number of hydrogen-bond acceptors (Lipinski definition) is 3. The van der Waals surface area contributed by atoms with E-state index in [4.69, 9.17) is 4.74 Å². The van der Waals surface area contributed by atoms with Gasteiger partial charge in [-0.05, 0) is 12.8 Å². The Balaban J connectivity index is 1.60. The van der Waals surface area contributed by atoms with Gasteiger partial charge in [0.2, 0.25) is 0 Å². The summed E-state index contributed by atoms with van der Waals surface area (Å²) in [6, 6.07) is 0.769. The standard InChI is InChI=1S/C18H36N2O/c1-2-4-6-8-10-18(11-9-7-5-3-1)19-12-13-20-14-16-21-17-15-20/h18-19H,1-17H2. The highest BCUT2D eigenvalue weighted by atomic mass is 16.5. The van der Waals surface area contributed by atoms with E-state index in [0.29, 0.717) is 0 Å². The van der Waals surface area contributed by atoms with Crippen LogP contribution < -0.4 is 5.32 Å². The molecule has 3 nitrogen and oxygen atoms in total. The Hall–Kier alpha value is -0.120. The second-order valence-electron chi connectivity index (χ2n) is 6.86. The zero-order valence-electron chi connectivity index (χ0n) is 14.0. The molecule has 1 aliphatic heterocycles. The molecule has 2 aliphatic rings. The third kappa shape index (κ3) is 8.18. The van der Waals surface area contributed by atoms with Crippen LogP contribution in [-0.4, -0.2) is 50.3 Å². The van der Waals surface area contributed by atoms with Crippen molar-refractivity contribution in [1.29, 1.82) is 0 Å². The second-order valence-corrected chi connectivity index (χ2v) is 6.86. The number of nitrogens with zero attached hydrogens (tertiary/aromatic N) is 1. The molecule has 0 aromatic carbocycles. The fourth-order valence-electron chi connectivity index (χ4n) is 3.62. The highest BCUT2D eigenvalue weighted by molar-refractivity contribution is 4.70. The van der Waals surface area contributed by atoms with Gasteiger partial charge >= 0.3 is 0 Å². The lowest BCUT2D eigenvalue weighted by Crippen LogP contribution is -2.42. The van der Waals surface area contributed by atoms with Crippen LogP contribution in [0.15, 0.2) is 0 Å². The van der Waals surface area contributed by atoms with E-state index in [1.807, 2.05) is 0 Å². The maximum atomic E-state index is 5.41. The molecule has 21 heavy (non-hydrogen) atoms. The van der Waals surface area contributed by atoms with Crippen LogP contribution in [0.2, 0.25) is 0 Å². The Bertz CT molecular complexity index is 229. The first-order valence-electron chi connectivity index (χ1n) is 9.48. The summed E-state index contributed by atoms with van der Waals surface area (Å²) in [5.74, 6) is 0. The van der Waals surface area contributed by atoms with E-state index >= 15 is 0 Å². The zero-order valence-corrected chi connectivity index (χ0v) is 14.0. The van der Waals surface area contributed by atoms with Gasteiger partial charge in [-0.15, -0.1) is 0 Å². The van der Waals surface area contributed by atoms with E-state index in [9.17, 15) is 0 Å². The minimum atomic E-state index is 0.769. The predicted molar refractivity (Wildman–Crippen MR) is 89.8 cm³/mol. The Morgan fingerprint density at radius 1 is 0.762 bits per heavy atom. The summed E-state index contributed by atoms with van der Waals surface area (Å²) in [7, 11) is 0. The third-order valence-electron chi connectivity index (χ3n) is 5.07. The first kappa shape index (κ1) is 17.2. The molecule has 0 spiro atoms. The van der Waals surface area contributed by atoms with Crippen molar-refractivity contribution in [2.24, 2.45) is 0 Å². The molecule has 0 amide bonds. The topological polar surface area (TPSA) is 24.5 Å². The van der Waals surface area contributed by atoms with Gasteiger partial charge in [-0.3, -0.25) is 4.90 Å². The molecule has 1 saturated heterocycles. The zero-order chi connectivity index (χ0) is 14.6. The molecule has 1 N–H and O–H groups in total. The molecule has 0 aromatic rings. The number of ether oxygens (including phenoxy) is 1. The summed E-state index contributed by atoms with van der Waals surface area (Å²) in [5.41, 5.74) is 0. The average molecular weight is 296 g/mol. The Morgan fingerprint density at radius 3 is 1.86 bits per heavy atom. The fourth-order valence-corrected chi connectivity index (χ4v) is 3.62. The molecule has 3 heteroatoms. The van der Waals surface area contributed by atoms with Crippen molar-refractivity contribution in [3.63, 3.8) is 0 Å². The molecule has 0 unspecified atom stereocenters. The molecule has 2 rings (SSSR count). The van der Waals surface area contributed by atoms with Gasteiger partial charge < -0.3 is 10.1 Å². The van der Waals surface area contributed by atoms with Gasteiger partial charge in [-0.1, -0.05) is 57.8 Å². The van der Waals surface area contributed by atoms with Gasteiger partial charge in [0.25, 0.3) is 0 Å². The molecule has 1 heterocycles. The van der Waals surface area contributed by atoms with Crippen LogP contribution in [0.25, 0.3) is 0 Å². The number of hydrogen-bond donors (Lipinski definition) is 1. The van der Waals surface area contributed by atoms with Gasteiger partial charge in [-0.2, -0.15) is 0 Å². The fraction of sp³-hybridized carbons (Fsp3) is 1.00. The molecular weight excluding hydrogens is 260 g/mol. The van der Waals surface area contributed by atoms with Crippen molar-refractivity contribution in [1.82, 2.24) is 10.2 Å². The lowest BCUT2D eigenvalue weighted by Gasteiger charge is -2.28. The van der Waals surface area contributed by atoms with Gasteiger partial charge in [0, 0.05) is 32.2 Å². The molecule has 0 bridgehead atoms. The van der Waals surface area contributed by atoms with Crippen molar-refractivity contribution in [2.75, 3.05) is 39.4 Å². The highest BCUT2D eigenvalue weighted by Gasteiger charge is 2.12. The van der Waals surface area contributed by atoms with Crippen molar-refractivity contribution in [3.8, 4) is 0 Å². The minimum Gasteiger partial charge on any atom is -0.379 e. The molecule has 0 radical (unpaired) electrons. The normalized spacial score (nSPS) is 25.1. The number of morpholine rings is 1. The molecular formula is C18H36N2O. The van der Waals surface area contributed by atoms with E-state index < -0.39 is 0 Å². The first-order valence-corrected chi connectivity index (χ1v) is 9.48. The van der Waals surface area contributed by atoms with Crippen molar-refractivity contribution >= 4 is 0 Å². The summed E-state index contributed by atoms with van der Waals surface area (Å²) in [6.45, 7) is 6.43. The largest absolute Gasteiger partial charge is 0.379 e. The van der Waals surface area contributed by atoms with Crippen LogP contribution in [0.5, 0.6) is 0 Å². The molecule has 124 valence electrons. The van der Waals surface area contributed by atoms with Crippen LogP contribution in [0.4, 0.5) is 0 Å². The summed E-state index contributed by atoms with van der Waals surface area (Å²) < 4.78 is 5.41. The quantitative estimate of drug-likeness (QED) is 0.858. The molecule has 0 aromatic heterocycles. The molecule has 1 aliphatic carbocycles. The Kier molecular flexibility index (Phi) is 9.40. The summed E-state index contributed by atoms with van der Waals surface area (Å²) in [5, 5.41) is 3.84. The highest BCUT2D eigenvalue weighted by Crippen LogP contribution is 2.16. The maximum absolute atomic E-state index is 5.41. The molecule has 2 fully saturated rings. The van der Waals surface area contributed by atoms with Crippen LogP contribution in [0, 0.1) is 0 Å². The SMILES string of the molecule is C1CCCCCC(NCCN2CCOCC2)CCCCC1.